The number of pyridine rings is 1. The number of hydrogen-bond donors (Lipinski definition) is 1. The third-order valence-electron chi connectivity index (χ3n) is 2.25. The van der Waals surface area contributed by atoms with Gasteiger partial charge in [0.25, 0.3) is 0 Å². The number of hydrogen-bond acceptors (Lipinski definition) is 4. The molecule has 0 aliphatic rings. The second-order valence-corrected chi connectivity index (χ2v) is 3.82. The summed E-state index contributed by atoms with van der Waals surface area (Å²) >= 11 is 5.81. The van der Waals surface area contributed by atoms with Crippen molar-refractivity contribution >= 4 is 23.3 Å². The number of ether oxygens (including phenoxy) is 1. The van der Waals surface area contributed by atoms with Gasteiger partial charge in [-0.2, -0.15) is 0 Å². The molecule has 5 heteroatoms. The van der Waals surface area contributed by atoms with Crippen LogP contribution in [0.1, 0.15) is 18.9 Å². The molecule has 0 saturated carbocycles. The van der Waals surface area contributed by atoms with Crippen molar-refractivity contribution in [3.8, 4) is 0 Å². The summed E-state index contributed by atoms with van der Waals surface area (Å²) in [7, 11) is 1.37. The van der Waals surface area contributed by atoms with Gasteiger partial charge in [0, 0.05) is 0 Å². The Hall–Kier alpha value is -1.29. The second-order valence-electron chi connectivity index (χ2n) is 3.46. The summed E-state index contributed by atoms with van der Waals surface area (Å²) in [5, 5.41) is 3.52. The standard InChI is InChI=1S/C11H15ClN2O2/c1-4-9(11(15)16-3)14-8-5-7(2)10(12)13-6-8/h5-6,9,14H,4H2,1-3H3. The molecule has 0 amide bonds. The van der Waals surface area contributed by atoms with Crippen molar-refractivity contribution in [2.45, 2.75) is 26.3 Å². The number of halogens is 1. The zero-order valence-electron chi connectivity index (χ0n) is 9.58. The molecular weight excluding hydrogens is 228 g/mol. The maximum Gasteiger partial charge on any atom is 0.328 e. The number of esters is 1. The first-order valence-electron chi connectivity index (χ1n) is 5.05. The average molecular weight is 243 g/mol. The van der Waals surface area contributed by atoms with E-state index in [9.17, 15) is 4.79 Å². The van der Waals surface area contributed by atoms with E-state index in [0.717, 1.165) is 11.3 Å². The lowest BCUT2D eigenvalue weighted by Crippen LogP contribution is -2.29. The summed E-state index contributed by atoms with van der Waals surface area (Å²) in [4.78, 5) is 15.4. The SMILES string of the molecule is CCC(Nc1cnc(Cl)c(C)c1)C(=O)OC. The highest BCUT2D eigenvalue weighted by Crippen LogP contribution is 2.17. The van der Waals surface area contributed by atoms with Crippen LogP contribution in [0.2, 0.25) is 5.15 Å². The van der Waals surface area contributed by atoms with Gasteiger partial charge in [-0.05, 0) is 25.0 Å². The van der Waals surface area contributed by atoms with Crippen molar-refractivity contribution in [1.29, 1.82) is 0 Å². The predicted octanol–water partition coefficient (Wildman–Crippen LogP) is 2.41. The lowest BCUT2D eigenvalue weighted by molar-refractivity contribution is -0.141. The molecule has 16 heavy (non-hydrogen) atoms. The molecule has 1 aromatic heterocycles. The number of aromatic nitrogens is 1. The molecule has 0 saturated heterocycles. The minimum atomic E-state index is -0.354. The summed E-state index contributed by atoms with van der Waals surface area (Å²) in [6.07, 6.45) is 2.25. The Morgan fingerprint density at radius 1 is 1.69 bits per heavy atom. The average Bonchev–Trinajstić information content (AvgIpc) is 2.29. The number of carbonyl (C=O) groups excluding carboxylic acids is 1. The Labute approximate surface area is 100.0 Å². The first-order chi connectivity index (χ1) is 7.58. The molecule has 1 rings (SSSR count). The van der Waals surface area contributed by atoms with Crippen LogP contribution < -0.4 is 5.32 Å². The Balaban J connectivity index is 2.78. The van der Waals surface area contributed by atoms with Crippen molar-refractivity contribution in [1.82, 2.24) is 4.98 Å². The summed E-state index contributed by atoms with van der Waals surface area (Å²) in [5.41, 5.74) is 1.63. The van der Waals surface area contributed by atoms with Crippen LogP contribution >= 0.6 is 11.6 Å². The first-order valence-corrected chi connectivity index (χ1v) is 5.42. The minimum Gasteiger partial charge on any atom is -0.467 e. The van der Waals surface area contributed by atoms with Crippen molar-refractivity contribution in [3.63, 3.8) is 0 Å². The molecule has 0 fully saturated rings. The Morgan fingerprint density at radius 3 is 2.88 bits per heavy atom. The summed E-state index contributed by atoms with van der Waals surface area (Å²) in [5.74, 6) is -0.282. The van der Waals surface area contributed by atoms with Crippen LogP contribution in [-0.2, 0) is 9.53 Å². The van der Waals surface area contributed by atoms with Crippen LogP contribution in [0.25, 0.3) is 0 Å². The molecule has 0 radical (unpaired) electrons. The third-order valence-corrected chi connectivity index (χ3v) is 2.64. The minimum absolute atomic E-state index is 0.282. The summed E-state index contributed by atoms with van der Waals surface area (Å²) in [6.45, 7) is 3.77. The molecule has 0 aliphatic carbocycles. The van der Waals surface area contributed by atoms with E-state index in [-0.39, 0.29) is 12.0 Å². The number of nitrogens with zero attached hydrogens (tertiary/aromatic N) is 1. The number of rotatable bonds is 4. The largest absolute Gasteiger partial charge is 0.467 e. The molecular formula is C11H15ClN2O2. The van der Waals surface area contributed by atoms with Crippen LogP contribution in [0.5, 0.6) is 0 Å². The van der Waals surface area contributed by atoms with E-state index < -0.39 is 0 Å². The van der Waals surface area contributed by atoms with Crippen molar-refractivity contribution < 1.29 is 9.53 Å². The van der Waals surface area contributed by atoms with Gasteiger partial charge in [0.1, 0.15) is 11.2 Å². The van der Waals surface area contributed by atoms with E-state index >= 15 is 0 Å². The molecule has 1 heterocycles. The van der Waals surface area contributed by atoms with Crippen LogP contribution in [0.4, 0.5) is 5.69 Å². The van der Waals surface area contributed by atoms with Gasteiger partial charge >= 0.3 is 5.97 Å². The molecule has 1 unspecified atom stereocenters. The molecule has 1 atom stereocenters. The fraction of sp³-hybridized carbons (Fsp3) is 0.455. The van der Waals surface area contributed by atoms with Crippen LogP contribution in [0.3, 0.4) is 0 Å². The number of anilines is 1. The monoisotopic (exact) mass is 242 g/mol. The smallest absolute Gasteiger partial charge is 0.328 e. The third kappa shape index (κ3) is 3.10. The number of nitrogens with one attached hydrogen (secondary N) is 1. The Kier molecular flexibility index (Phi) is 4.55. The van der Waals surface area contributed by atoms with E-state index in [1.165, 1.54) is 7.11 Å². The predicted molar refractivity (Wildman–Crippen MR) is 63.7 cm³/mol. The quantitative estimate of drug-likeness (QED) is 0.651. The van der Waals surface area contributed by atoms with Gasteiger partial charge in [-0.15, -0.1) is 0 Å². The summed E-state index contributed by atoms with van der Waals surface area (Å²) in [6, 6.07) is 1.49. The van der Waals surface area contributed by atoms with E-state index in [4.69, 9.17) is 11.6 Å². The lowest BCUT2D eigenvalue weighted by Gasteiger charge is -2.15. The number of methoxy groups -OCH3 is 1. The molecule has 4 nitrogen and oxygen atoms in total. The fourth-order valence-corrected chi connectivity index (χ4v) is 1.41. The molecule has 88 valence electrons. The van der Waals surface area contributed by atoms with Crippen molar-refractivity contribution in [2.75, 3.05) is 12.4 Å². The van der Waals surface area contributed by atoms with Crippen molar-refractivity contribution in [3.05, 3.63) is 23.0 Å². The first kappa shape index (κ1) is 12.8. The Bertz CT molecular complexity index is 382. The van der Waals surface area contributed by atoms with Crippen molar-refractivity contribution in [2.24, 2.45) is 0 Å². The van der Waals surface area contributed by atoms with Gasteiger partial charge in [-0.25, -0.2) is 9.78 Å². The fourth-order valence-electron chi connectivity index (χ4n) is 1.31. The topological polar surface area (TPSA) is 51.2 Å². The second kappa shape index (κ2) is 5.70. The van der Waals surface area contributed by atoms with Gasteiger partial charge in [-0.3, -0.25) is 0 Å². The number of aryl methyl sites for hydroxylation is 1. The highest BCUT2D eigenvalue weighted by Gasteiger charge is 2.16. The highest BCUT2D eigenvalue weighted by atomic mass is 35.5. The van der Waals surface area contributed by atoms with E-state index in [0.29, 0.717) is 11.6 Å². The molecule has 0 aliphatic heterocycles. The van der Waals surface area contributed by atoms with E-state index in [1.807, 2.05) is 19.9 Å². The van der Waals surface area contributed by atoms with Gasteiger partial charge < -0.3 is 10.1 Å². The molecule has 1 N–H and O–H groups in total. The van der Waals surface area contributed by atoms with Gasteiger partial charge in [-0.1, -0.05) is 18.5 Å². The zero-order chi connectivity index (χ0) is 12.1. The lowest BCUT2D eigenvalue weighted by atomic mass is 10.2. The van der Waals surface area contributed by atoms with Gasteiger partial charge in [0.05, 0.1) is 19.0 Å². The summed E-state index contributed by atoms with van der Waals surface area (Å²) < 4.78 is 4.68. The van der Waals surface area contributed by atoms with Crippen LogP contribution in [0, 0.1) is 6.92 Å². The Morgan fingerprint density at radius 2 is 2.38 bits per heavy atom. The molecule has 0 bridgehead atoms. The molecule has 0 spiro atoms. The van der Waals surface area contributed by atoms with Crippen LogP contribution in [-0.4, -0.2) is 24.1 Å². The van der Waals surface area contributed by atoms with E-state index in [2.05, 4.69) is 15.0 Å². The zero-order valence-corrected chi connectivity index (χ0v) is 10.3. The van der Waals surface area contributed by atoms with Crippen LogP contribution in [0.15, 0.2) is 12.3 Å². The highest BCUT2D eigenvalue weighted by molar-refractivity contribution is 6.30. The maximum atomic E-state index is 11.4. The van der Waals surface area contributed by atoms with Gasteiger partial charge in [0.2, 0.25) is 0 Å². The normalized spacial score (nSPS) is 12.0. The van der Waals surface area contributed by atoms with E-state index in [1.54, 1.807) is 6.20 Å². The van der Waals surface area contributed by atoms with Gasteiger partial charge in [0.15, 0.2) is 0 Å². The molecule has 1 aromatic rings. The molecule has 0 aromatic carbocycles. The number of carbonyl (C=O) groups is 1. The maximum absolute atomic E-state index is 11.4.